The fraction of sp³-hybridized carbons (Fsp3) is 0.308. The number of carboxylic acid groups (broad SMARTS) is 1. The number of rotatable bonds is 6. The van der Waals surface area contributed by atoms with Gasteiger partial charge in [0.05, 0.1) is 12.5 Å². The first-order valence-corrected chi connectivity index (χ1v) is 5.92. The highest BCUT2D eigenvalue weighted by Gasteiger charge is 2.20. The predicted molar refractivity (Wildman–Crippen MR) is 71.7 cm³/mol. The van der Waals surface area contributed by atoms with Gasteiger partial charge in [-0.2, -0.15) is 0 Å². The molecule has 5 N–H and O–H groups in total. The Hall–Kier alpha value is -2.41. The van der Waals surface area contributed by atoms with Crippen LogP contribution in [0.3, 0.4) is 0 Å². The molecule has 0 bridgehead atoms. The van der Waals surface area contributed by atoms with E-state index in [9.17, 15) is 14.4 Å². The Morgan fingerprint density at radius 1 is 1.25 bits per heavy atom. The summed E-state index contributed by atoms with van der Waals surface area (Å²) in [5, 5.41) is 8.59. The summed E-state index contributed by atoms with van der Waals surface area (Å²) in [5.41, 5.74) is 11.8. The number of nitrogens with two attached hydrogens (primary N) is 2. The molecule has 1 aromatic carbocycles. The molecule has 1 rings (SSSR count). The summed E-state index contributed by atoms with van der Waals surface area (Å²) in [7, 11) is 1.53. The Labute approximate surface area is 116 Å². The Balaban J connectivity index is 2.65. The first-order chi connectivity index (χ1) is 9.31. The average Bonchev–Trinajstić information content (AvgIpc) is 2.37. The number of likely N-dealkylation sites (N-methyl/N-ethyl adjacent to an activating group) is 1. The van der Waals surface area contributed by atoms with Crippen molar-refractivity contribution in [3.05, 3.63) is 35.4 Å². The molecule has 0 aromatic heterocycles. The zero-order chi connectivity index (χ0) is 15.3. The second kappa shape index (κ2) is 6.67. The van der Waals surface area contributed by atoms with Crippen LogP contribution in [0.25, 0.3) is 0 Å². The SMILES string of the molecule is CN(Cc1ccc(C(N)=O)cc1)C(=O)C(N)CC(=O)O. The molecule has 0 spiro atoms. The maximum Gasteiger partial charge on any atom is 0.305 e. The lowest BCUT2D eigenvalue weighted by Crippen LogP contribution is -2.42. The van der Waals surface area contributed by atoms with Crippen molar-refractivity contribution in [1.82, 2.24) is 4.90 Å². The molecule has 0 aliphatic carbocycles. The van der Waals surface area contributed by atoms with Gasteiger partial charge in [-0.15, -0.1) is 0 Å². The summed E-state index contributed by atoms with van der Waals surface area (Å²) >= 11 is 0. The number of aliphatic carboxylic acids is 1. The number of benzene rings is 1. The maximum atomic E-state index is 11.8. The first-order valence-electron chi connectivity index (χ1n) is 5.92. The summed E-state index contributed by atoms with van der Waals surface area (Å²) in [5.74, 6) is -2.10. The third kappa shape index (κ3) is 4.36. The Morgan fingerprint density at radius 2 is 1.80 bits per heavy atom. The van der Waals surface area contributed by atoms with E-state index >= 15 is 0 Å². The van der Waals surface area contributed by atoms with Crippen LogP contribution in [-0.4, -0.2) is 40.9 Å². The standard InChI is InChI=1S/C13H17N3O4/c1-16(13(20)10(14)6-11(17)18)7-8-2-4-9(5-3-8)12(15)19/h2-5,10H,6-7,14H2,1H3,(H2,15,19)(H,17,18). The number of carbonyl (C=O) groups excluding carboxylic acids is 2. The largest absolute Gasteiger partial charge is 0.481 e. The normalized spacial score (nSPS) is 11.7. The van der Waals surface area contributed by atoms with Crippen LogP contribution < -0.4 is 11.5 Å². The Morgan fingerprint density at radius 3 is 2.25 bits per heavy atom. The summed E-state index contributed by atoms with van der Waals surface area (Å²) in [4.78, 5) is 34.6. The van der Waals surface area contributed by atoms with E-state index in [4.69, 9.17) is 16.6 Å². The molecule has 20 heavy (non-hydrogen) atoms. The molecular weight excluding hydrogens is 262 g/mol. The Kier molecular flexibility index (Phi) is 5.22. The van der Waals surface area contributed by atoms with Gasteiger partial charge in [-0.25, -0.2) is 0 Å². The van der Waals surface area contributed by atoms with Crippen LogP contribution in [0.15, 0.2) is 24.3 Å². The van der Waals surface area contributed by atoms with E-state index in [0.29, 0.717) is 5.56 Å². The van der Waals surface area contributed by atoms with Crippen molar-refractivity contribution in [1.29, 1.82) is 0 Å². The molecule has 1 atom stereocenters. The van der Waals surface area contributed by atoms with Crippen molar-refractivity contribution in [2.75, 3.05) is 7.05 Å². The van der Waals surface area contributed by atoms with Crippen LogP contribution in [0.5, 0.6) is 0 Å². The molecule has 7 nitrogen and oxygen atoms in total. The highest BCUT2D eigenvalue weighted by atomic mass is 16.4. The van der Waals surface area contributed by atoms with Gasteiger partial charge < -0.3 is 21.5 Å². The van der Waals surface area contributed by atoms with Crippen LogP contribution in [0.1, 0.15) is 22.3 Å². The average molecular weight is 279 g/mol. The highest BCUT2D eigenvalue weighted by Crippen LogP contribution is 2.07. The van der Waals surface area contributed by atoms with Gasteiger partial charge in [0.15, 0.2) is 0 Å². The minimum atomic E-state index is -1.12. The molecule has 0 aliphatic rings. The van der Waals surface area contributed by atoms with Gasteiger partial charge in [-0.1, -0.05) is 12.1 Å². The first kappa shape index (κ1) is 15.6. The summed E-state index contributed by atoms with van der Waals surface area (Å²) in [6, 6.07) is 5.40. The molecule has 0 saturated heterocycles. The summed E-state index contributed by atoms with van der Waals surface area (Å²) < 4.78 is 0. The molecule has 7 heteroatoms. The number of amides is 2. The van der Waals surface area contributed by atoms with Crippen LogP contribution in [0, 0.1) is 0 Å². The lowest BCUT2D eigenvalue weighted by molar-refractivity contribution is -0.141. The predicted octanol–water partition coefficient (Wildman–Crippen LogP) is -0.454. The number of carbonyl (C=O) groups is 3. The summed E-state index contributed by atoms with van der Waals surface area (Å²) in [6.45, 7) is 0.269. The highest BCUT2D eigenvalue weighted by molar-refractivity contribution is 5.92. The number of primary amides is 1. The van der Waals surface area contributed by atoms with Gasteiger partial charge in [0.25, 0.3) is 0 Å². The monoisotopic (exact) mass is 279 g/mol. The smallest absolute Gasteiger partial charge is 0.305 e. The van der Waals surface area contributed by atoms with E-state index in [0.717, 1.165) is 5.56 Å². The van der Waals surface area contributed by atoms with E-state index < -0.39 is 30.2 Å². The third-order valence-corrected chi connectivity index (χ3v) is 2.75. The van der Waals surface area contributed by atoms with Crippen LogP contribution in [-0.2, 0) is 16.1 Å². The van der Waals surface area contributed by atoms with Crippen molar-refractivity contribution in [2.24, 2.45) is 11.5 Å². The lowest BCUT2D eigenvalue weighted by atomic mass is 10.1. The van der Waals surface area contributed by atoms with E-state index in [1.807, 2.05) is 0 Å². The molecular formula is C13H17N3O4. The van der Waals surface area contributed by atoms with Crippen LogP contribution >= 0.6 is 0 Å². The van der Waals surface area contributed by atoms with Crippen molar-refractivity contribution >= 4 is 17.8 Å². The lowest BCUT2D eigenvalue weighted by Gasteiger charge is -2.20. The van der Waals surface area contributed by atoms with Gasteiger partial charge in [0, 0.05) is 19.2 Å². The van der Waals surface area contributed by atoms with Crippen LogP contribution in [0.2, 0.25) is 0 Å². The molecule has 108 valence electrons. The maximum absolute atomic E-state index is 11.8. The zero-order valence-corrected chi connectivity index (χ0v) is 11.1. The van der Waals surface area contributed by atoms with E-state index in [1.165, 1.54) is 11.9 Å². The fourth-order valence-corrected chi connectivity index (χ4v) is 1.68. The van der Waals surface area contributed by atoms with Crippen molar-refractivity contribution in [3.8, 4) is 0 Å². The van der Waals surface area contributed by atoms with Crippen molar-refractivity contribution < 1.29 is 19.5 Å². The van der Waals surface area contributed by atoms with Gasteiger partial charge in [0.1, 0.15) is 0 Å². The minimum Gasteiger partial charge on any atom is -0.481 e. The van der Waals surface area contributed by atoms with Gasteiger partial charge >= 0.3 is 5.97 Å². The van der Waals surface area contributed by atoms with E-state index in [2.05, 4.69) is 0 Å². The second-order valence-corrected chi connectivity index (χ2v) is 4.46. The molecule has 0 heterocycles. The molecule has 0 saturated carbocycles. The fourth-order valence-electron chi connectivity index (χ4n) is 1.68. The number of carboxylic acids is 1. The zero-order valence-electron chi connectivity index (χ0n) is 11.1. The third-order valence-electron chi connectivity index (χ3n) is 2.75. The van der Waals surface area contributed by atoms with Crippen molar-refractivity contribution in [2.45, 2.75) is 19.0 Å². The molecule has 0 aliphatic heterocycles. The van der Waals surface area contributed by atoms with Gasteiger partial charge in [-0.05, 0) is 17.7 Å². The number of hydrogen-bond acceptors (Lipinski definition) is 4. The number of nitrogens with zero attached hydrogens (tertiary/aromatic N) is 1. The molecule has 1 unspecified atom stereocenters. The second-order valence-electron chi connectivity index (χ2n) is 4.46. The molecule has 1 aromatic rings. The van der Waals surface area contributed by atoms with E-state index in [1.54, 1.807) is 24.3 Å². The summed E-state index contributed by atoms with van der Waals surface area (Å²) in [6.07, 6.45) is -0.413. The molecule has 0 radical (unpaired) electrons. The van der Waals surface area contributed by atoms with Gasteiger partial charge in [0.2, 0.25) is 11.8 Å². The molecule has 0 fully saturated rings. The Bertz CT molecular complexity index is 513. The quantitative estimate of drug-likeness (QED) is 0.649. The molecule has 2 amide bonds. The number of hydrogen-bond donors (Lipinski definition) is 3. The van der Waals surface area contributed by atoms with Crippen LogP contribution in [0.4, 0.5) is 0 Å². The minimum absolute atomic E-state index is 0.269. The van der Waals surface area contributed by atoms with Gasteiger partial charge in [-0.3, -0.25) is 14.4 Å². The van der Waals surface area contributed by atoms with E-state index in [-0.39, 0.29) is 6.54 Å². The topological polar surface area (TPSA) is 127 Å². The van der Waals surface area contributed by atoms with Crippen molar-refractivity contribution in [3.63, 3.8) is 0 Å².